The van der Waals surface area contributed by atoms with Gasteiger partial charge < -0.3 is 10.2 Å². The van der Waals surface area contributed by atoms with E-state index in [0.717, 1.165) is 39.3 Å². The van der Waals surface area contributed by atoms with E-state index in [4.69, 9.17) is 0 Å². The second kappa shape index (κ2) is 6.56. The number of carbonyl (C=O) groups is 1. The molecule has 0 bridgehead atoms. The van der Waals surface area contributed by atoms with Gasteiger partial charge in [-0.05, 0) is 12.6 Å². The third-order valence-electron chi connectivity index (χ3n) is 4.67. The van der Waals surface area contributed by atoms with Gasteiger partial charge in [-0.3, -0.25) is 10.2 Å². The molecule has 5 heteroatoms. The minimum atomic E-state index is 0.0773. The predicted molar refractivity (Wildman–Crippen MR) is 82.8 cm³/mol. The molecule has 3 rings (SSSR count). The zero-order valence-electron chi connectivity index (χ0n) is 12.6. The maximum atomic E-state index is 12.8. The van der Waals surface area contributed by atoms with Crippen molar-refractivity contribution in [3.05, 3.63) is 35.9 Å². The Balaban J connectivity index is 1.67. The van der Waals surface area contributed by atoms with Crippen molar-refractivity contribution in [2.45, 2.75) is 5.92 Å². The largest absolute Gasteiger partial charge is 0.340 e. The van der Waals surface area contributed by atoms with Gasteiger partial charge in [-0.2, -0.15) is 0 Å². The van der Waals surface area contributed by atoms with E-state index in [-0.39, 0.29) is 5.92 Å². The summed E-state index contributed by atoms with van der Waals surface area (Å²) in [6, 6.07) is 10.4. The van der Waals surface area contributed by atoms with Gasteiger partial charge in [-0.25, -0.2) is 5.01 Å². The molecule has 2 fully saturated rings. The Bertz CT molecular complexity index is 470. The van der Waals surface area contributed by atoms with Crippen LogP contribution in [0.3, 0.4) is 0 Å². The van der Waals surface area contributed by atoms with Crippen LogP contribution in [0.2, 0.25) is 0 Å². The van der Waals surface area contributed by atoms with Crippen LogP contribution in [0, 0.1) is 5.92 Å². The fourth-order valence-corrected chi connectivity index (χ4v) is 3.37. The van der Waals surface area contributed by atoms with Crippen molar-refractivity contribution in [1.29, 1.82) is 0 Å². The molecule has 0 radical (unpaired) electrons. The van der Waals surface area contributed by atoms with Gasteiger partial charge in [-0.1, -0.05) is 30.3 Å². The zero-order valence-corrected chi connectivity index (χ0v) is 12.6. The third-order valence-corrected chi connectivity index (χ3v) is 4.67. The van der Waals surface area contributed by atoms with Crippen molar-refractivity contribution in [2.24, 2.45) is 5.92 Å². The van der Waals surface area contributed by atoms with Crippen molar-refractivity contribution in [3.63, 3.8) is 0 Å². The van der Waals surface area contributed by atoms with Gasteiger partial charge in [0.25, 0.3) is 0 Å². The molecule has 2 saturated heterocycles. The maximum absolute atomic E-state index is 12.8. The fraction of sp³-hybridized carbons (Fsp3) is 0.562. The van der Waals surface area contributed by atoms with E-state index >= 15 is 0 Å². The lowest BCUT2D eigenvalue weighted by molar-refractivity contribution is -0.137. The molecule has 2 aliphatic rings. The molecular formula is C16H24N4O. The van der Waals surface area contributed by atoms with Crippen LogP contribution in [0.4, 0.5) is 0 Å². The van der Waals surface area contributed by atoms with Crippen LogP contribution < -0.4 is 10.7 Å². The minimum absolute atomic E-state index is 0.0773. The number of amides is 1. The van der Waals surface area contributed by atoms with Crippen LogP contribution >= 0.6 is 0 Å². The molecule has 2 heterocycles. The van der Waals surface area contributed by atoms with Crippen molar-refractivity contribution < 1.29 is 4.79 Å². The van der Waals surface area contributed by atoms with Crippen LogP contribution in [0.15, 0.2) is 30.3 Å². The first-order valence-electron chi connectivity index (χ1n) is 7.76. The standard InChI is InChI=1S/C16H24N4O/c1-17-20-9-7-19(8-10-20)16(21)15-12-18-11-14(15)13-5-3-2-4-6-13/h2-6,14-15,17-18H,7-12H2,1H3. The average Bonchev–Trinajstić information content (AvgIpc) is 3.04. The molecule has 0 aliphatic carbocycles. The molecule has 2 unspecified atom stereocenters. The Morgan fingerprint density at radius 2 is 1.86 bits per heavy atom. The summed E-state index contributed by atoms with van der Waals surface area (Å²) in [5, 5.41) is 5.55. The number of rotatable bonds is 3. The number of nitrogens with one attached hydrogen (secondary N) is 2. The van der Waals surface area contributed by atoms with Gasteiger partial charge in [0.05, 0.1) is 5.92 Å². The van der Waals surface area contributed by atoms with Gasteiger partial charge in [0, 0.05) is 45.2 Å². The molecule has 0 aromatic heterocycles. The number of carbonyl (C=O) groups excluding carboxylic acids is 1. The molecule has 2 N–H and O–H groups in total. The van der Waals surface area contributed by atoms with E-state index in [2.05, 4.69) is 40.0 Å². The normalized spacial score (nSPS) is 27.0. The molecule has 2 atom stereocenters. The molecular weight excluding hydrogens is 264 g/mol. The fourth-order valence-electron chi connectivity index (χ4n) is 3.37. The van der Waals surface area contributed by atoms with Crippen molar-refractivity contribution in [1.82, 2.24) is 20.7 Å². The van der Waals surface area contributed by atoms with Gasteiger partial charge in [0.15, 0.2) is 0 Å². The maximum Gasteiger partial charge on any atom is 0.227 e. The predicted octanol–water partition coefficient (Wildman–Crippen LogP) is 0.268. The van der Waals surface area contributed by atoms with E-state index in [1.165, 1.54) is 5.56 Å². The summed E-state index contributed by atoms with van der Waals surface area (Å²) in [6.45, 7) is 5.13. The second-order valence-electron chi connectivity index (χ2n) is 5.82. The van der Waals surface area contributed by atoms with E-state index in [1.807, 2.05) is 18.0 Å². The zero-order chi connectivity index (χ0) is 14.7. The molecule has 114 valence electrons. The third kappa shape index (κ3) is 3.10. The quantitative estimate of drug-likeness (QED) is 0.838. The second-order valence-corrected chi connectivity index (χ2v) is 5.82. The van der Waals surface area contributed by atoms with E-state index in [0.29, 0.717) is 11.8 Å². The van der Waals surface area contributed by atoms with Crippen molar-refractivity contribution in [3.8, 4) is 0 Å². The van der Waals surface area contributed by atoms with Gasteiger partial charge in [0.2, 0.25) is 5.91 Å². The minimum Gasteiger partial charge on any atom is -0.340 e. The number of hydrogen-bond donors (Lipinski definition) is 2. The topological polar surface area (TPSA) is 47.6 Å². The van der Waals surface area contributed by atoms with E-state index in [9.17, 15) is 4.79 Å². The highest BCUT2D eigenvalue weighted by molar-refractivity contribution is 5.80. The highest BCUT2D eigenvalue weighted by Crippen LogP contribution is 2.29. The molecule has 1 aromatic carbocycles. The van der Waals surface area contributed by atoms with E-state index in [1.54, 1.807) is 0 Å². The number of nitrogens with zero attached hydrogens (tertiary/aromatic N) is 2. The van der Waals surface area contributed by atoms with Crippen LogP contribution in [-0.2, 0) is 4.79 Å². The highest BCUT2D eigenvalue weighted by Gasteiger charge is 2.37. The van der Waals surface area contributed by atoms with E-state index < -0.39 is 0 Å². The molecule has 0 saturated carbocycles. The molecule has 21 heavy (non-hydrogen) atoms. The summed E-state index contributed by atoms with van der Waals surface area (Å²) in [4.78, 5) is 14.9. The number of piperazine rings is 1. The number of hydrogen-bond acceptors (Lipinski definition) is 4. The summed E-state index contributed by atoms with van der Waals surface area (Å²) in [5.41, 5.74) is 4.42. The molecule has 2 aliphatic heterocycles. The van der Waals surface area contributed by atoms with Crippen LogP contribution in [0.5, 0.6) is 0 Å². The molecule has 1 amide bonds. The lowest BCUT2D eigenvalue weighted by Crippen LogP contribution is -2.54. The summed E-state index contributed by atoms with van der Waals surface area (Å²) < 4.78 is 0. The van der Waals surface area contributed by atoms with Gasteiger partial charge in [0.1, 0.15) is 0 Å². The Hall–Kier alpha value is -1.43. The Kier molecular flexibility index (Phi) is 4.53. The summed E-state index contributed by atoms with van der Waals surface area (Å²) >= 11 is 0. The van der Waals surface area contributed by atoms with Crippen LogP contribution in [-0.4, -0.2) is 62.1 Å². The van der Waals surface area contributed by atoms with Crippen LogP contribution in [0.25, 0.3) is 0 Å². The first-order valence-corrected chi connectivity index (χ1v) is 7.76. The summed E-state index contributed by atoms with van der Waals surface area (Å²) in [5.74, 6) is 0.694. The Labute approximate surface area is 126 Å². The Morgan fingerprint density at radius 1 is 1.14 bits per heavy atom. The summed E-state index contributed by atoms with van der Waals surface area (Å²) in [6.07, 6.45) is 0. The smallest absolute Gasteiger partial charge is 0.227 e. The lowest BCUT2D eigenvalue weighted by atomic mass is 9.88. The average molecular weight is 288 g/mol. The molecule has 1 aromatic rings. The SMILES string of the molecule is CNN1CCN(C(=O)C2CNCC2c2ccccc2)CC1. The first kappa shape index (κ1) is 14.5. The summed E-state index contributed by atoms with van der Waals surface area (Å²) in [7, 11) is 1.93. The first-order chi connectivity index (χ1) is 10.3. The Morgan fingerprint density at radius 3 is 2.52 bits per heavy atom. The van der Waals surface area contributed by atoms with Gasteiger partial charge >= 0.3 is 0 Å². The van der Waals surface area contributed by atoms with Crippen LogP contribution in [0.1, 0.15) is 11.5 Å². The monoisotopic (exact) mass is 288 g/mol. The molecule has 5 nitrogen and oxygen atoms in total. The highest BCUT2D eigenvalue weighted by atomic mass is 16.2. The van der Waals surface area contributed by atoms with Gasteiger partial charge in [-0.15, -0.1) is 0 Å². The number of hydrazine groups is 1. The lowest BCUT2D eigenvalue weighted by Gasteiger charge is -2.36. The van der Waals surface area contributed by atoms with Crippen molar-refractivity contribution in [2.75, 3.05) is 46.3 Å². The number of benzene rings is 1. The molecule has 0 spiro atoms. The van der Waals surface area contributed by atoms with Crippen molar-refractivity contribution >= 4 is 5.91 Å².